The number of hydrogen-bond donors (Lipinski definition) is 0. The van der Waals surface area contributed by atoms with Crippen LogP contribution in [0.1, 0.15) is 37.2 Å². The predicted octanol–water partition coefficient (Wildman–Crippen LogP) is 3.66. The fourth-order valence-corrected chi connectivity index (χ4v) is 3.71. The van der Waals surface area contributed by atoms with E-state index in [1.54, 1.807) is 4.52 Å². The molecular weight excluding hydrogens is 338 g/mol. The lowest BCUT2D eigenvalue weighted by molar-refractivity contribution is 0.205. The average molecular weight is 365 g/mol. The lowest BCUT2D eigenvalue weighted by atomic mass is 10.1. The molecule has 0 bridgehead atoms. The average Bonchev–Trinajstić information content (AvgIpc) is 3.06. The fourth-order valence-electron chi connectivity index (χ4n) is 3.71. The Hall–Kier alpha value is -2.47. The number of hydrogen-bond acceptors (Lipinski definition) is 5. The van der Waals surface area contributed by atoms with Crippen LogP contribution < -0.4 is 4.74 Å². The van der Waals surface area contributed by atoms with Crippen molar-refractivity contribution < 1.29 is 4.74 Å². The number of likely N-dealkylation sites (tertiary alicyclic amines) is 1. The maximum absolute atomic E-state index is 5.92. The van der Waals surface area contributed by atoms with Gasteiger partial charge in [-0.05, 0) is 70.0 Å². The summed E-state index contributed by atoms with van der Waals surface area (Å²) < 4.78 is 7.70. The number of fused-ring (bicyclic) bond motifs is 1. The van der Waals surface area contributed by atoms with Crippen LogP contribution in [0.3, 0.4) is 0 Å². The molecule has 27 heavy (non-hydrogen) atoms. The molecule has 6 heteroatoms. The lowest BCUT2D eigenvalue weighted by Crippen LogP contribution is -2.31. The van der Waals surface area contributed by atoms with E-state index in [0.717, 1.165) is 53.6 Å². The second kappa shape index (κ2) is 8.05. The fraction of sp³-hybridized carbons (Fsp3) is 0.476. The first kappa shape index (κ1) is 17.9. The first-order valence-corrected chi connectivity index (χ1v) is 9.86. The van der Waals surface area contributed by atoms with E-state index in [0.29, 0.717) is 0 Å². The van der Waals surface area contributed by atoms with Gasteiger partial charge in [0, 0.05) is 12.1 Å². The van der Waals surface area contributed by atoms with Gasteiger partial charge in [-0.1, -0.05) is 18.6 Å². The van der Waals surface area contributed by atoms with Crippen LogP contribution in [0.2, 0.25) is 0 Å². The van der Waals surface area contributed by atoms with E-state index in [2.05, 4.69) is 32.3 Å². The third-order valence-corrected chi connectivity index (χ3v) is 5.24. The van der Waals surface area contributed by atoms with Crippen LogP contribution in [0, 0.1) is 13.8 Å². The Bertz CT molecular complexity index is 897. The van der Waals surface area contributed by atoms with Gasteiger partial charge >= 0.3 is 0 Å². The maximum atomic E-state index is 5.92. The molecule has 1 aromatic carbocycles. The van der Waals surface area contributed by atoms with Crippen LogP contribution >= 0.6 is 0 Å². The van der Waals surface area contributed by atoms with Gasteiger partial charge < -0.3 is 9.64 Å². The van der Waals surface area contributed by atoms with Crippen molar-refractivity contribution in [1.29, 1.82) is 0 Å². The highest BCUT2D eigenvalue weighted by molar-refractivity contribution is 5.69. The Morgan fingerprint density at radius 1 is 1.00 bits per heavy atom. The van der Waals surface area contributed by atoms with Crippen molar-refractivity contribution in [2.45, 2.75) is 39.5 Å². The molecule has 2 aromatic heterocycles. The molecule has 1 aliphatic rings. The largest absolute Gasteiger partial charge is 0.494 e. The summed E-state index contributed by atoms with van der Waals surface area (Å²) in [7, 11) is 0. The van der Waals surface area contributed by atoms with Crippen LogP contribution in [-0.4, -0.2) is 51.0 Å². The Balaban J connectivity index is 1.36. The van der Waals surface area contributed by atoms with Crippen molar-refractivity contribution in [2.24, 2.45) is 0 Å². The quantitative estimate of drug-likeness (QED) is 0.624. The standard InChI is InChI=1S/C21H27N5O/c1-16-20(15-21-23-22-17(2)26(21)24-16)18-7-9-19(10-8-18)27-14-6-13-25-11-4-3-5-12-25/h7-10,15H,3-6,11-14H2,1-2H3. The summed E-state index contributed by atoms with van der Waals surface area (Å²) in [6, 6.07) is 10.3. The Morgan fingerprint density at radius 3 is 2.56 bits per heavy atom. The van der Waals surface area contributed by atoms with Crippen LogP contribution in [-0.2, 0) is 0 Å². The van der Waals surface area contributed by atoms with E-state index < -0.39 is 0 Å². The Kier molecular flexibility index (Phi) is 5.34. The maximum Gasteiger partial charge on any atom is 0.178 e. The summed E-state index contributed by atoms with van der Waals surface area (Å²) in [6.07, 6.45) is 5.15. The van der Waals surface area contributed by atoms with Crippen molar-refractivity contribution >= 4 is 5.65 Å². The highest BCUT2D eigenvalue weighted by Gasteiger charge is 2.10. The third kappa shape index (κ3) is 4.11. The number of benzene rings is 1. The number of aromatic nitrogens is 4. The summed E-state index contributed by atoms with van der Waals surface area (Å²) >= 11 is 0. The molecule has 0 aliphatic carbocycles. The number of aryl methyl sites for hydroxylation is 2. The van der Waals surface area contributed by atoms with Crippen molar-refractivity contribution in [3.05, 3.63) is 41.9 Å². The van der Waals surface area contributed by atoms with E-state index in [-0.39, 0.29) is 0 Å². The predicted molar refractivity (Wildman–Crippen MR) is 106 cm³/mol. The Labute approximate surface area is 160 Å². The van der Waals surface area contributed by atoms with Gasteiger partial charge in [-0.2, -0.15) is 9.61 Å². The van der Waals surface area contributed by atoms with Gasteiger partial charge in [0.2, 0.25) is 0 Å². The molecule has 0 unspecified atom stereocenters. The van der Waals surface area contributed by atoms with E-state index in [1.165, 1.54) is 32.4 Å². The number of ether oxygens (including phenoxy) is 1. The summed E-state index contributed by atoms with van der Waals surface area (Å²) in [4.78, 5) is 2.55. The molecular formula is C21H27N5O. The Morgan fingerprint density at radius 2 is 1.78 bits per heavy atom. The molecule has 0 spiro atoms. The van der Waals surface area contributed by atoms with Crippen LogP contribution in [0.5, 0.6) is 5.75 Å². The highest BCUT2D eigenvalue weighted by Crippen LogP contribution is 2.25. The van der Waals surface area contributed by atoms with Crippen LogP contribution in [0.15, 0.2) is 30.3 Å². The molecule has 0 amide bonds. The lowest BCUT2D eigenvalue weighted by Gasteiger charge is -2.26. The molecule has 1 fully saturated rings. The first-order chi connectivity index (χ1) is 13.2. The molecule has 3 aromatic rings. The summed E-state index contributed by atoms with van der Waals surface area (Å²) in [6.45, 7) is 8.32. The van der Waals surface area contributed by atoms with Crippen molar-refractivity contribution in [3.8, 4) is 16.9 Å². The molecule has 0 saturated carbocycles. The molecule has 1 saturated heterocycles. The highest BCUT2D eigenvalue weighted by atomic mass is 16.5. The van der Waals surface area contributed by atoms with Crippen LogP contribution in [0.4, 0.5) is 0 Å². The molecule has 142 valence electrons. The normalized spacial score (nSPS) is 15.3. The van der Waals surface area contributed by atoms with Gasteiger partial charge in [-0.3, -0.25) is 0 Å². The van der Waals surface area contributed by atoms with E-state index in [4.69, 9.17) is 4.74 Å². The van der Waals surface area contributed by atoms with Gasteiger partial charge in [0.15, 0.2) is 11.5 Å². The minimum absolute atomic E-state index is 0.765. The number of rotatable bonds is 6. The second-order valence-electron chi connectivity index (χ2n) is 7.29. The van der Waals surface area contributed by atoms with E-state index in [9.17, 15) is 0 Å². The van der Waals surface area contributed by atoms with Crippen molar-refractivity contribution in [1.82, 2.24) is 24.7 Å². The van der Waals surface area contributed by atoms with Gasteiger partial charge in [-0.15, -0.1) is 10.2 Å². The van der Waals surface area contributed by atoms with E-state index in [1.807, 2.05) is 32.0 Å². The minimum atomic E-state index is 0.765. The molecule has 1 aliphatic heterocycles. The SMILES string of the molecule is Cc1nn2c(C)nnc2cc1-c1ccc(OCCCN2CCCCC2)cc1. The zero-order chi connectivity index (χ0) is 18.6. The molecule has 0 radical (unpaired) electrons. The van der Waals surface area contributed by atoms with Gasteiger partial charge in [0.1, 0.15) is 5.75 Å². The van der Waals surface area contributed by atoms with Crippen molar-refractivity contribution in [2.75, 3.05) is 26.2 Å². The summed E-state index contributed by atoms with van der Waals surface area (Å²) in [5.74, 6) is 1.72. The molecule has 6 nitrogen and oxygen atoms in total. The zero-order valence-corrected chi connectivity index (χ0v) is 16.2. The smallest absolute Gasteiger partial charge is 0.178 e. The van der Waals surface area contributed by atoms with Crippen molar-refractivity contribution in [3.63, 3.8) is 0 Å². The minimum Gasteiger partial charge on any atom is -0.494 e. The van der Waals surface area contributed by atoms with E-state index >= 15 is 0 Å². The first-order valence-electron chi connectivity index (χ1n) is 9.86. The van der Waals surface area contributed by atoms with Gasteiger partial charge in [0.25, 0.3) is 0 Å². The molecule has 3 heterocycles. The molecule has 0 atom stereocenters. The topological polar surface area (TPSA) is 55.6 Å². The number of piperidine rings is 1. The second-order valence-corrected chi connectivity index (χ2v) is 7.29. The number of nitrogens with zero attached hydrogens (tertiary/aromatic N) is 5. The summed E-state index contributed by atoms with van der Waals surface area (Å²) in [5, 5.41) is 12.9. The van der Waals surface area contributed by atoms with Gasteiger partial charge in [0.05, 0.1) is 12.3 Å². The monoisotopic (exact) mass is 365 g/mol. The molecule has 4 rings (SSSR count). The van der Waals surface area contributed by atoms with Gasteiger partial charge in [-0.25, -0.2) is 0 Å². The summed E-state index contributed by atoms with van der Waals surface area (Å²) in [5.41, 5.74) is 3.92. The van der Waals surface area contributed by atoms with Crippen LogP contribution in [0.25, 0.3) is 16.8 Å². The zero-order valence-electron chi connectivity index (χ0n) is 16.2. The third-order valence-electron chi connectivity index (χ3n) is 5.24. The molecule has 0 N–H and O–H groups in total.